The van der Waals surface area contributed by atoms with Crippen LogP contribution in [0.4, 0.5) is 0 Å². The third kappa shape index (κ3) is 1.64. The lowest BCUT2D eigenvalue weighted by Crippen LogP contribution is -2.31. The Morgan fingerprint density at radius 2 is 1.83 bits per heavy atom. The van der Waals surface area contributed by atoms with Gasteiger partial charge in [0.05, 0.1) is 12.4 Å². The fourth-order valence-electron chi connectivity index (χ4n) is 2.25. The van der Waals surface area contributed by atoms with Crippen LogP contribution in [0.15, 0.2) is 48.9 Å². The van der Waals surface area contributed by atoms with Crippen molar-refractivity contribution in [3.8, 4) is 11.3 Å². The van der Waals surface area contributed by atoms with Crippen molar-refractivity contribution in [1.29, 1.82) is 0 Å². The topological polar surface area (TPSA) is 29.7 Å². The minimum absolute atomic E-state index is 0.786. The SMILES string of the molecule is Cc1ccccc1-c1c2cccnc2nc[n+]1C. The minimum atomic E-state index is 0.786. The average molecular weight is 236 g/mol. The second-order valence-electron chi connectivity index (χ2n) is 4.39. The first-order chi connectivity index (χ1) is 8.77. The summed E-state index contributed by atoms with van der Waals surface area (Å²) in [6, 6.07) is 12.4. The fraction of sp³-hybridized carbons (Fsp3) is 0.133. The van der Waals surface area contributed by atoms with Gasteiger partial charge in [-0.3, -0.25) is 0 Å². The molecule has 0 spiro atoms. The van der Waals surface area contributed by atoms with Crippen LogP contribution in [0, 0.1) is 6.92 Å². The van der Waals surface area contributed by atoms with E-state index in [0.717, 1.165) is 16.7 Å². The van der Waals surface area contributed by atoms with Crippen LogP contribution in [0.5, 0.6) is 0 Å². The fourth-order valence-corrected chi connectivity index (χ4v) is 2.25. The Bertz CT molecular complexity index is 720. The Labute approximate surface area is 106 Å². The molecule has 0 unspecified atom stereocenters. The molecule has 3 rings (SSSR count). The highest BCUT2D eigenvalue weighted by atomic mass is 15.0. The van der Waals surface area contributed by atoms with Crippen LogP contribution >= 0.6 is 0 Å². The van der Waals surface area contributed by atoms with Crippen molar-refractivity contribution in [3.63, 3.8) is 0 Å². The van der Waals surface area contributed by atoms with Gasteiger partial charge < -0.3 is 0 Å². The van der Waals surface area contributed by atoms with E-state index in [4.69, 9.17) is 0 Å². The van der Waals surface area contributed by atoms with Crippen LogP contribution in [0.25, 0.3) is 22.3 Å². The molecule has 2 aromatic heterocycles. The van der Waals surface area contributed by atoms with Crippen molar-refractivity contribution in [2.75, 3.05) is 0 Å². The van der Waals surface area contributed by atoms with Crippen LogP contribution in [0.1, 0.15) is 5.56 Å². The van der Waals surface area contributed by atoms with Gasteiger partial charge in [-0.25, -0.2) is 9.55 Å². The van der Waals surface area contributed by atoms with E-state index in [9.17, 15) is 0 Å². The highest BCUT2D eigenvalue weighted by Crippen LogP contribution is 2.25. The van der Waals surface area contributed by atoms with Crippen LogP contribution in [0.2, 0.25) is 0 Å². The van der Waals surface area contributed by atoms with Gasteiger partial charge in [-0.1, -0.05) is 24.3 Å². The zero-order chi connectivity index (χ0) is 12.5. The highest BCUT2D eigenvalue weighted by Gasteiger charge is 2.16. The molecule has 3 aromatic rings. The van der Waals surface area contributed by atoms with Gasteiger partial charge in [0, 0.05) is 11.8 Å². The number of nitrogens with zero attached hydrogens (tertiary/aromatic N) is 3. The van der Waals surface area contributed by atoms with E-state index in [0.29, 0.717) is 0 Å². The molecule has 0 atom stereocenters. The van der Waals surface area contributed by atoms with Gasteiger partial charge in [0.25, 0.3) is 12.0 Å². The average Bonchev–Trinajstić information content (AvgIpc) is 2.40. The second-order valence-corrected chi connectivity index (χ2v) is 4.39. The van der Waals surface area contributed by atoms with Gasteiger partial charge >= 0.3 is 0 Å². The summed E-state index contributed by atoms with van der Waals surface area (Å²) in [7, 11) is 2.02. The lowest BCUT2D eigenvalue weighted by molar-refractivity contribution is -0.662. The molecule has 0 aliphatic heterocycles. The molecule has 1 aromatic carbocycles. The Morgan fingerprint density at radius 3 is 2.67 bits per heavy atom. The molecular formula is C15H14N3+. The van der Waals surface area contributed by atoms with Crippen molar-refractivity contribution in [2.24, 2.45) is 7.05 Å². The maximum absolute atomic E-state index is 4.35. The van der Waals surface area contributed by atoms with E-state index in [1.54, 1.807) is 6.20 Å². The number of rotatable bonds is 1. The zero-order valence-electron chi connectivity index (χ0n) is 10.5. The Hall–Kier alpha value is -2.29. The maximum atomic E-state index is 4.35. The normalized spacial score (nSPS) is 10.8. The number of benzene rings is 1. The van der Waals surface area contributed by atoms with Gasteiger partial charge in [0.2, 0.25) is 0 Å². The lowest BCUT2D eigenvalue weighted by Gasteiger charge is -2.07. The smallest absolute Gasteiger partial charge is 0.232 e. The van der Waals surface area contributed by atoms with Crippen molar-refractivity contribution in [1.82, 2.24) is 9.97 Å². The summed E-state index contributed by atoms with van der Waals surface area (Å²) in [6.45, 7) is 2.12. The van der Waals surface area contributed by atoms with Crippen molar-refractivity contribution in [2.45, 2.75) is 6.92 Å². The van der Waals surface area contributed by atoms with E-state index in [1.807, 2.05) is 24.0 Å². The molecule has 0 radical (unpaired) electrons. The number of pyridine rings is 1. The summed E-state index contributed by atoms with van der Waals surface area (Å²) in [4.78, 5) is 8.66. The number of aromatic nitrogens is 3. The minimum Gasteiger partial charge on any atom is -0.232 e. The van der Waals surface area contributed by atoms with Gasteiger partial charge in [-0.05, 0) is 29.6 Å². The molecule has 0 fully saturated rings. The third-order valence-corrected chi connectivity index (χ3v) is 3.15. The quantitative estimate of drug-likeness (QED) is 0.607. The first kappa shape index (κ1) is 10.8. The van der Waals surface area contributed by atoms with Crippen molar-refractivity contribution < 1.29 is 4.57 Å². The third-order valence-electron chi connectivity index (χ3n) is 3.15. The summed E-state index contributed by atoms with van der Waals surface area (Å²) in [5, 5.41) is 1.08. The monoisotopic (exact) mass is 236 g/mol. The second kappa shape index (κ2) is 4.18. The predicted molar refractivity (Wildman–Crippen MR) is 70.9 cm³/mol. The van der Waals surface area contributed by atoms with Gasteiger partial charge in [0.1, 0.15) is 5.69 Å². The van der Waals surface area contributed by atoms with E-state index >= 15 is 0 Å². The Balaban J connectivity index is 2.42. The maximum Gasteiger partial charge on any atom is 0.289 e. The standard InChI is InChI=1S/C15H14N3/c1-11-6-3-4-7-12(11)14-13-8-5-9-16-15(13)17-10-18(14)2/h3-10H,1-2H3/q+1. The van der Waals surface area contributed by atoms with Crippen LogP contribution in [0.3, 0.4) is 0 Å². The molecule has 0 saturated heterocycles. The highest BCUT2D eigenvalue weighted by molar-refractivity contribution is 5.88. The molecule has 2 heterocycles. The van der Waals surface area contributed by atoms with Crippen LogP contribution < -0.4 is 4.57 Å². The Morgan fingerprint density at radius 1 is 1.00 bits per heavy atom. The van der Waals surface area contributed by atoms with E-state index in [-0.39, 0.29) is 0 Å². The summed E-state index contributed by atoms with van der Waals surface area (Å²) >= 11 is 0. The number of hydrogen-bond acceptors (Lipinski definition) is 2. The Kier molecular flexibility index (Phi) is 2.52. The summed E-state index contributed by atoms with van der Waals surface area (Å²) in [6.07, 6.45) is 3.59. The van der Waals surface area contributed by atoms with E-state index in [1.165, 1.54) is 11.1 Å². The number of aryl methyl sites for hydroxylation is 2. The molecule has 0 N–H and O–H groups in total. The largest absolute Gasteiger partial charge is 0.289 e. The predicted octanol–water partition coefficient (Wildman–Crippen LogP) is 2.43. The molecule has 88 valence electrons. The van der Waals surface area contributed by atoms with E-state index in [2.05, 4.69) is 47.2 Å². The molecular weight excluding hydrogens is 222 g/mol. The number of hydrogen-bond donors (Lipinski definition) is 0. The first-order valence-electron chi connectivity index (χ1n) is 5.93. The van der Waals surface area contributed by atoms with Gasteiger partial charge in [-0.15, -0.1) is 0 Å². The molecule has 0 aliphatic rings. The molecule has 0 bridgehead atoms. The summed E-state index contributed by atoms with van der Waals surface area (Å²) in [5.74, 6) is 0. The summed E-state index contributed by atoms with van der Waals surface area (Å²) in [5.41, 5.74) is 4.42. The van der Waals surface area contributed by atoms with Crippen molar-refractivity contribution in [3.05, 3.63) is 54.5 Å². The van der Waals surface area contributed by atoms with Crippen LogP contribution in [-0.4, -0.2) is 9.97 Å². The van der Waals surface area contributed by atoms with Crippen LogP contribution in [-0.2, 0) is 7.05 Å². The van der Waals surface area contributed by atoms with E-state index < -0.39 is 0 Å². The lowest BCUT2D eigenvalue weighted by atomic mass is 10.0. The van der Waals surface area contributed by atoms with Crippen molar-refractivity contribution >= 4 is 11.0 Å². The van der Waals surface area contributed by atoms with Gasteiger partial charge in [0.15, 0.2) is 0 Å². The summed E-state index contributed by atoms with van der Waals surface area (Å²) < 4.78 is 2.05. The molecule has 0 amide bonds. The zero-order valence-corrected chi connectivity index (χ0v) is 10.5. The number of fused-ring (bicyclic) bond motifs is 1. The molecule has 3 nitrogen and oxygen atoms in total. The van der Waals surface area contributed by atoms with Gasteiger partial charge in [-0.2, -0.15) is 0 Å². The molecule has 0 saturated carbocycles. The molecule has 18 heavy (non-hydrogen) atoms. The molecule has 0 aliphatic carbocycles. The first-order valence-corrected chi connectivity index (χ1v) is 5.93. The molecule has 3 heteroatoms.